The summed E-state index contributed by atoms with van der Waals surface area (Å²) in [6.07, 6.45) is 1.74. The standard InChI is InChI=1S/C25H23NO3/c27-25(28)24-15-23(24)18-9-10-19-16-26(12-11-17(19)13-18)20-5-4-8-22(14-20)29-21-6-2-1-3-7-21/h1-10,13-14,23-24H,11-12,15-16H2,(H,27,28). The normalized spacial score (nSPS) is 20.1. The van der Waals surface area contributed by atoms with Gasteiger partial charge in [-0.25, -0.2) is 0 Å². The molecule has 4 nitrogen and oxygen atoms in total. The second-order valence-electron chi connectivity index (χ2n) is 7.90. The monoisotopic (exact) mass is 385 g/mol. The molecule has 1 heterocycles. The number of hydrogen-bond donors (Lipinski definition) is 1. The lowest BCUT2D eigenvalue weighted by Crippen LogP contribution is -2.30. The van der Waals surface area contributed by atoms with Crippen molar-refractivity contribution in [3.8, 4) is 11.5 Å². The zero-order valence-corrected chi connectivity index (χ0v) is 16.1. The SMILES string of the molecule is O=C(O)C1CC1c1ccc2c(c1)CCN(c1cccc(Oc3ccccc3)c1)C2. The highest BCUT2D eigenvalue weighted by Gasteiger charge is 2.44. The minimum Gasteiger partial charge on any atom is -0.481 e. The number of carboxylic acids is 1. The number of ether oxygens (including phenoxy) is 1. The third-order valence-corrected chi connectivity index (χ3v) is 5.94. The van der Waals surface area contributed by atoms with E-state index in [4.69, 9.17) is 4.74 Å². The van der Waals surface area contributed by atoms with Crippen LogP contribution in [0.5, 0.6) is 11.5 Å². The predicted molar refractivity (Wildman–Crippen MR) is 113 cm³/mol. The molecule has 0 aromatic heterocycles. The van der Waals surface area contributed by atoms with Crippen LogP contribution in [0.4, 0.5) is 5.69 Å². The van der Waals surface area contributed by atoms with Crippen LogP contribution in [0.2, 0.25) is 0 Å². The maximum atomic E-state index is 11.2. The van der Waals surface area contributed by atoms with Gasteiger partial charge in [0.1, 0.15) is 11.5 Å². The Kier molecular flexibility index (Phi) is 4.47. The van der Waals surface area contributed by atoms with Gasteiger partial charge in [0.2, 0.25) is 0 Å². The van der Waals surface area contributed by atoms with Gasteiger partial charge < -0.3 is 14.7 Å². The molecule has 2 unspecified atom stereocenters. The molecule has 0 saturated heterocycles. The molecule has 4 heteroatoms. The van der Waals surface area contributed by atoms with Gasteiger partial charge in [0.25, 0.3) is 0 Å². The summed E-state index contributed by atoms with van der Waals surface area (Å²) in [7, 11) is 0. The van der Waals surface area contributed by atoms with E-state index in [9.17, 15) is 9.90 Å². The Balaban J connectivity index is 1.31. The number of carboxylic acid groups (broad SMARTS) is 1. The molecule has 1 aliphatic carbocycles. The van der Waals surface area contributed by atoms with E-state index in [0.29, 0.717) is 0 Å². The minimum absolute atomic E-state index is 0.194. The molecule has 29 heavy (non-hydrogen) atoms. The molecule has 1 saturated carbocycles. The third-order valence-electron chi connectivity index (χ3n) is 5.94. The van der Waals surface area contributed by atoms with E-state index in [1.807, 2.05) is 42.5 Å². The van der Waals surface area contributed by atoms with Crippen molar-refractivity contribution in [2.45, 2.75) is 25.3 Å². The number of para-hydroxylation sites is 1. The summed E-state index contributed by atoms with van der Waals surface area (Å²) in [5.74, 6) is 1.00. The van der Waals surface area contributed by atoms with E-state index in [-0.39, 0.29) is 11.8 Å². The number of anilines is 1. The fraction of sp³-hybridized carbons (Fsp3) is 0.240. The van der Waals surface area contributed by atoms with Crippen LogP contribution in [0, 0.1) is 5.92 Å². The molecule has 5 rings (SSSR count). The molecular weight excluding hydrogens is 362 g/mol. The van der Waals surface area contributed by atoms with E-state index in [1.165, 1.54) is 16.7 Å². The van der Waals surface area contributed by atoms with E-state index in [2.05, 4.69) is 35.2 Å². The largest absolute Gasteiger partial charge is 0.481 e. The van der Waals surface area contributed by atoms with Crippen molar-refractivity contribution in [1.82, 2.24) is 0 Å². The summed E-state index contributed by atoms with van der Waals surface area (Å²) < 4.78 is 5.98. The van der Waals surface area contributed by atoms with Crippen LogP contribution < -0.4 is 9.64 Å². The molecule has 0 amide bonds. The van der Waals surface area contributed by atoms with Crippen LogP contribution in [0.3, 0.4) is 0 Å². The quantitative estimate of drug-likeness (QED) is 0.653. The van der Waals surface area contributed by atoms with Crippen molar-refractivity contribution in [1.29, 1.82) is 0 Å². The lowest BCUT2D eigenvalue weighted by molar-refractivity contribution is -0.138. The number of fused-ring (bicyclic) bond motifs is 1. The topological polar surface area (TPSA) is 49.8 Å². The van der Waals surface area contributed by atoms with E-state index in [1.54, 1.807) is 0 Å². The highest BCUT2D eigenvalue weighted by atomic mass is 16.5. The van der Waals surface area contributed by atoms with Crippen molar-refractivity contribution in [2.75, 3.05) is 11.4 Å². The summed E-state index contributed by atoms with van der Waals surface area (Å²) in [4.78, 5) is 13.5. The Bertz CT molecular complexity index is 1050. The maximum Gasteiger partial charge on any atom is 0.307 e. The van der Waals surface area contributed by atoms with Crippen LogP contribution in [0.25, 0.3) is 0 Å². The summed E-state index contributed by atoms with van der Waals surface area (Å²) in [5, 5.41) is 9.18. The molecule has 1 fully saturated rings. The average molecular weight is 385 g/mol. The molecule has 1 aliphatic heterocycles. The number of carbonyl (C=O) groups is 1. The van der Waals surface area contributed by atoms with Crippen LogP contribution >= 0.6 is 0 Å². The minimum atomic E-state index is -0.670. The van der Waals surface area contributed by atoms with Crippen molar-refractivity contribution in [3.63, 3.8) is 0 Å². The molecule has 2 aliphatic rings. The van der Waals surface area contributed by atoms with E-state index < -0.39 is 5.97 Å². The summed E-state index contributed by atoms with van der Waals surface area (Å²) >= 11 is 0. The molecular formula is C25H23NO3. The fourth-order valence-electron chi connectivity index (χ4n) is 4.23. The Labute approximate surface area is 170 Å². The molecule has 1 N–H and O–H groups in total. The lowest BCUT2D eigenvalue weighted by Gasteiger charge is -2.31. The summed E-state index contributed by atoms with van der Waals surface area (Å²) in [6.45, 7) is 1.80. The van der Waals surface area contributed by atoms with Gasteiger partial charge in [-0.2, -0.15) is 0 Å². The van der Waals surface area contributed by atoms with Crippen molar-refractivity contribution in [2.24, 2.45) is 5.92 Å². The van der Waals surface area contributed by atoms with Gasteiger partial charge in [-0.1, -0.05) is 42.5 Å². The van der Waals surface area contributed by atoms with Crippen LogP contribution in [-0.2, 0) is 17.8 Å². The van der Waals surface area contributed by atoms with Gasteiger partial charge in [0, 0.05) is 24.8 Å². The summed E-state index contributed by atoms with van der Waals surface area (Å²) in [6, 6.07) is 24.6. The molecule has 0 spiro atoms. The zero-order chi connectivity index (χ0) is 19.8. The molecule has 2 atom stereocenters. The number of benzene rings is 3. The van der Waals surface area contributed by atoms with Crippen LogP contribution in [0.15, 0.2) is 72.8 Å². The Morgan fingerprint density at radius 1 is 0.931 bits per heavy atom. The van der Waals surface area contributed by atoms with Crippen molar-refractivity contribution >= 4 is 11.7 Å². The third kappa shape index (κ3) is 3.70. The second kappa shape index (κ2) is 7.28. The maximum absolute atomic E-state index is 11.2. The zero-order valence-electron chi connectivity index (χ0n) is 16.1. The van der Waals surface area contributed by atoms with Gasteiger partial charge in [-0.05, 0) is 59.7 Å². The van der Waals surface area contributed by atoms with Crippen molar-refractivity contribution < 1.29 is 14.6 Å². The van der Waals surface area contributed by atoms with Gasteiger partial charge in [-0.15, -0.1) is 0 Å². The first-order valence-corrected chi connectivity index (χ1v) is 10.1. The van der Waals surface area contributed by atoms with Gasteiger partial charge >= 0.3 is 5.97 Å². The Hall–Kier alpha value is -3.27. The van der Waals surface area contributed by atoms with E-state index >= 15 is 0 Å². The van der Waals surface area contributed by atoms with Crippen molar-refractivity contribution in [3.05, 3.63) is 89.5 Å². The number of rotatable bonds is 5. The Morgan fingerprint density at radius 2 is 1.76 bits per heavy atom. The first-order chi connectivity index (χ1) is 14.2. The summed E-state index contributed by atoms with van der Waals surface area (Å²) in [5.41, 5.74) is 5.01. The van der Waals surface area contributed by atoms with Gasteiger partial charge in [-0.3, -0.25) is 4.79 Å². The molecule has 0 radical (unpaired) electrons. The number of aliphatic carboxylic acids is 1. The average Bonchev–Trinajstić information content (AvgIpc) is 3.55. The lowest BCUT2D eigenvalue weighted by atomic mass is 9.95. The van der Waals surface area contributed by atoms with E-state index in [0.717, 1.165) is 43.1 Å². The predicted octanol–water partition coefficient (Wildman–Crippen LogP) is 5.23. The Morgan fingerprint density at radius 3 is 2.55 bits per heavy atom. The first kappa shape index (κ1) is 17.8. The van der Waals surface area contributed by atoms with Crippen LogP contribution in [-0.4, -0.2) is 17.6 Å². The highest BCUT2D eigenvalue weighted by Crippen LogP contribution is 2.48. The number of nitrogens with zero attached hydrogens (tertiary/aromatic N) is 1. The van der Waals surface area contributed by atoms with Crippen LogP contribution in [0.1, 0.15) is 29.0 Å². The molecule has 0 bridgehead atoms. The smallest absolute Gasteiger partial charge is 0.307 e. The fourth-order valence-corrected chi connectivity index (χ4v) is 4.23. The number of hydrogen-bond acceptors (Lipinski definition) is 3. The van der Waals surface area contributed by atoms with Gasteiger partial charge in [0.15, 0.2) is 0 Å². The molecule has 3 aromatic carbocycles. The molecule has 146 valence electrons. The molecule has 3 aromatic rings. The highest BCUT2D eigenvalue weighted by molar-refractivity contribution is 5.75. The van der Waals surface area contributed by atoms with Gasteiger partial charge in [0.05, 0.1) is 5.92 Å². The second-order valence-corrected chi connectivity index (χ2v) is 7.90. The first-order valence-electron chi connectivity index (χ1n) is 10.1.